The SMILES string of the molecule is CC(C)c1cccc(C(C)C)c1B1N2c3ccccc3C(C)(C)c3ccc(O)c(c32)-c2nccn21.CN1B(c2c(-c3ccccc3)cccc2-c2ccccc2)n2ccnc2-c2[c-]cccc21.[Ir]. The molecular weight excluding hydrogens is 1010 g/mol. The van der Waals surface area contributed by atoms with Crippen LogP contribution in [0, 0.1) is 6.07 Å². The van der Waals surface area contributed by atoms with E-state index in [2.05, 4.69) is 219 Å². The molecule has 337 valence electrons. The van der Waals surface area contributed by atoms with Crippen LogP contribution in [0.2, 0.25) is 0 Å². The smallest absolute Gasteiger partial charge is 0.422 e. The number of aromatic hydroxyl groups is 1. The Kier molecular flexibility index (Phi) is 11.7. The van der Waals surface area contributed by atoms with Crippen molar-refractivity contribution in [2.75, 3.05) is 16.7 Å². The fourth-order valence-electron chi connectivity index (χ4n) is 11.1. The summed E-state index contributed by atoms with van der Waals surface area (Å²) in [4.78, 5) is 14.3. The van der Waals surface area contributed by atoms with Gasteiger partial charge < -0.3 is 23.7 Å². The molecule has 7 nitrogen and oxygen atoms in total. The van der Waals surface area contributed by atoms with Crippen molar-refractivity contribution in [3.05, 3.63) is 205 Å². The molecule has 3 aliphatic heterocycles. The van der Waals surface area contributed by atoms with Gasteiger partial charge in [0.05, 0.1) is 5.56 Å². The molecule has 0 atom stereocenters. The second-order valence-electron chi connectivity index (χ2n) is 19.1. The summed E-state index contributed by atoms with van der Waals surface area (Å²) in [6, 6.07) is 56.9. The number of phenols is 1. The average Bonchev–Trinajstić information content (AvgIpc) is 4.05. The molecule has 0 bridgehead atoms. The van der Waals surface area contributed by atoms with Gasteiger partial charge in [0.1, 0.15) is 11.6 Å². The third-order valence-corrected chi connectivity index (χ3v) is 14.3. The maximum Gasteiger partial charge on any atom is 0.422 e. The number of phenolic OH excluding ortho intramolecular Hbond substituents is 1. The van der Waals surface area contributed by atoms with E-state index in [4.69, 9.17) is 9.97 Å². The number of aromatic nitrogens is 4. The summed E-state index contributed by atoms with van der Waals surface area (Å²) in [6.07, 6.45) is 7.90. The molecule has 9 aromatic rings. The summed E-state index contributed by atoms with van der Waals surface area (Å²) in [7, 11) is 2.16. The number of hydrogen-bond acceptors (Lipinski definition) is 5. The molecule has 68 heavy (non-hydrogen) atoms. The van der Waals surface area contributed by atoms with Crippen LogP contribution in [0.15, 0.2) is 176 Å². The molecular formula is C58H53B2IrN6O-. The number of benzene rings is 7. The van der Waals surface area contributed by atoms with Crippen LogP contribution < -0.4 is 20.5 Å². The molecule has 0 amide bonds. The zero-order valence-electron chi connectivity index (χ0n) is 39.5. The van der Waals surface area contributed by atoms with Gasteiger partial charge in [0.25, 0.3) is 0 Å². The van der Waals surface area contributed by atoms with Crippen molar-refractivity contribution in [3.63, 3.8) is 0 Å². The van der Waals surface area contributed by atoms with Gasteiger partial charge in [-0.05, 0) is 86.4 Å². The quantitative estimate of drug-likeness (QED) is 0.133. The number of imidazole rings is 2. The van der Waals surface area contributed by atoms with Crippen LogP contribution in [-0.2, 0) is 25.5 Å². The predicted octanol–water partition coefficient (Wildman–Crippen LogP) is 11.9. The van der Waals surface area contributed by atoms with Crippen molar-refractivity contribution < 1.29 is 25.2 Å². The summed E-state index contributed by atoms with van der Waals surface area (Å²) in [5.41, 5.74) is 17.8. The van der Waals surface area contributed by atoms with Crippen molar-refractivity contribution >= 4 is 42.0 Å². The Balaban J connectivity index is 0.000000157. The number of fused-ring (bicyclic) bond motifs is 7. The molecule has 3 aliphatic rings. The zero-order chi connectivity index (χ0) is 46.1. The van der Waals surface area contributed by atoms with Gasteiger partial charge in [0, 0.05) is 67.5 Å². The van der Waals surface area contributed by atoms with Gasteiger partial charge in [0.15, 0.2) is 0 Å². The van der Waals surface area contributed by atoms with Crippen molar-refractivity contribution in [3.8, 4) is 50.8 Å². The first-order chi connectivity index (χ1) is 32.6. The van der Waals surface area contributed by atoms with Crippen LogP contribution >= 0.6 is 0 Å². The van der Waals surface area contributed by atoms with Crippen LogP contribution in [0.3, 0.4) is 0 Å². The molecule has 0 fully saturated rings. The Morgan fingerprint density at radius 2 is 1.13 bits per heavy atom. The van der Waals surface area contributed by atoms with E-state index in [9.17, 15) is 5.11 Å². The van der Waals surface area contributed by atoms with E-state index >= 15 is 0 Å². The van der Waals surface area contributed by atoms with Gasteiger partial charge in [-0.2, -0.15) is 0 Å². The maximum absolute atomic E-state index is 11.2. The van der Waals surface area contributed by atoms with Crippen molar-refractivity contribution in [2.24, 2.45) is 0 Å². The summed E-state index contributed by atoms with van der Waals surface area (Å²) in [6.45, 7) is 13.5. The molecule has 1 N–H and O–H groups in total. The predicted molar refractivity (Wildman–Crippen MR) is 278 cm³/mol. The standard InChI is InChI=1S/C30H32BN3O.C28H21BN3.Ir/c1-18(2)20-10-9-11-21(19(3)4)27(20)31-33-17-16-32-29(33)26-25(35)15-14-23-28(26)34(31)24-13-8-7-12-22(24)30(23,5)6;1-31-26-18-9-8-15-25(26)28-30-19-20-32(28)29(31)27-23(21-11-4-2-5-12-21)16-10-17-24(27)22-13-6-3-7-14-22;/h7-19,35H,1-6H3;2-14,16-20H,1H3;/q;-1;. The molecule has 12 rings (SSSR count). The number of anilines is 3. The first kappa shape index (κ1) is 44.9. The van der Waals surface area contributed by atoms with Crippen LogP contribution in [0.25, 0.3) is 45.0 Å². The second kappa shape index (κ2) is 17.7. The van der Waals surface area contributed by atoms with E-state index in [-0.39, 0.29) is 45.2 Å². The third kappa shape index (κ3) is 7.07. The van der Waals surface area contributed by atoms with Crippen molar-refractivity contribution in [1.82, 2.24) is 18.9 Å². The molecule has 1 radical (unpaired) electrons. The normalized spacial score (nSPS) is 13.7. The second-order valence-corrected chi connectivity index (χ2v) is 19.1. The molecule has 0 saturated carbocycles. The molecule has 10 heteroatoms. The van der Waals surface area contributed by atoms with Gasteiger partial charge in [0.2, 0.25) is 0 Å². The van der Waals surface area contributed by atoms with Crippen LogP contribution in [0.4, 0.5) is 17.1 Å². The summed E-state index contributed by atoms with van der Waals surface area (Å²) >= 11 is 0. The van der Waals surface area contributed by atoms with E-state index in [1.807, 2.05) is 30.6 Å². The number of rotatable bonds is 6. The molecule has 0 saturated heterocycles. The van der Waals surface area contributed by atoms with E-state index in [0.29, 0.717) is 11.8 Å². The fraction of sp³-hybridized carbons (Fsp3) is 0.172. The first-order valence-corrected chi connectivity index (χ1v) is 23.5. The van der Waals surface area contributed by atoms with Gasteiger partial charge in [-0.1, -0.05) is 174 Å². The Labute approximate surface area is 414 Å². The van der Waals surface area contributed by atoms with E-state index in [1.165, 1.54) is 61.1 Å². The average molecular weight is 1060 g/mol. The summed E-state index contributed by atoms with van der Waals surface area (Å²) < 4.78 is 4.53. The third-order valence-electron chi connectivity index (χ3n) is 14.3. The van der Waals surface area contributed by atoms with E-state index < -0.39 is 0 Å². The Morgan fingerprint density at radius 3 is 1.76 bits per heavy atom. The molecule has 5 heterocycles. The topological polar surface area (TPSA) is 62.4 Å². The van der Waals surface area contributed by atoms with Crippen LogP contribution in [-0.4, -0.2) is 45.0 Å². The van der Waals surface area contributed by atoms with Gasteiger partial charge in [-0.25, -0.2) is 4.98 Å². The van der Waals surface area contributed by atoms with Crippen molar-refractivity contribution in [2.45, 2.75) is 58.8 Å². The minimum Gasteiger partial charge on any atom is -0.507 e. The van der Waals surface area contributed by atoms with Gasteiger partial charge in [-0.15, -0.1) is 24.3 Å². The molecule has 7 aromatic carbocycles. The Hall–Kier alpha value is -6.86. The first-order valence-electron chi connectivity index (χ1n) is 23.5. The van der Waals surface area contributed by atoms with Gasteiger partial charge in [-0.3, -0.25) is 4.98 Å². The molecule has 0 spiro atoms. The summed E-state index contributed by atoms with van der Waals surface area (Å²) in [5.74, 6) is 2.79. The van der Waals surface area contributed by atoms with Gasteiger partial charge >= 0.3 is 14.0 Å². The number of para-hydroxylation sites is 1. The zero-order valence-corrected chi connectivity index (χ0v) is 41.9. The Bertz CT molecular complexity index is 3220. The largest absolute Gasteiger partial charge is 0.507 e. The maximum atomic E-state index is 11.2. The van der Waals surface area contributed by atoms with E-state index in [0.717, 1.165) is 34.2 Å². The minimum atomic E-state index is -0.206. The van der Waals surface area contributed by atoms with Crippen LogP contribution in [0.1, 0.15) is 75.6 Å². The summed E-state index contributed by atoms with van der Waals surface area (Å²) in [5, 5.41) is 11.2. The number of nitrogens with zero attached hydrogens (tertiary/aromatic N) is 6. The van der Waals surface area contributed by atoms with Crippen molar-refractivity contribution in [1.29, 1.82) is 0 Å². The van der Waals surface area contributed by atoms with E-state index in [1.54, 1.807) is 0 Å². The molecule has 0 unspecified atom stereocenters. The molecule has 0 aliphatic carbocycles. The minimum absolute atomic E-state index is 0. The Morgan fingerprint density at radius 1 is 0.574 bits per heavy atom. The van der Waals surface area contributed by atoms with Crippen LogP contribution in [0.5, 0.6) is 5.75 Å². The number of hydrogen-bond donors (Lipinski definition) is 1. The molecule has 2 aromatic heterocycles. The monoisotopic (exact) mass is 1060 g/mol. The fourth-order valence-corrected chi connectivity index (χ4v) is 11.1.